The van der Waals surface area contributed by atoms with Gasteiger partial charge in [-0.25, -0.2) is 0 Å². The molecule has 0 fully saturated rings. The maximum Gasteiger partial charge on any atom is 0.312 e. The normalized spacial score (nSPS) is 10.0. The summed E-state index contributed by atoms with van der Waals surface area (Å²) in [7, 11) is 0. The predicted octanol–water partition coefficient (Wildman–Crippen LogP) is 2.59. The molecule has 0 radical (unpaired) electrons. The average Bonchev–Trinajstić information content (AvgIpc) is 2.53. The van der Waals surface area contributed by atoms with Crippen LogP contribution in [0.5, 0.6) is 5.75 Å². The van der Waals surface area contributed by atoms with Gasteiger partial charge in [-0.3, -0.25) is 19.7 Å². The second-order valence-electron chi connectivity index (χ2n) is 4.83. The highest BCUT2D eigenvalue weighted by atomic mass is 16.6. The Morgan fingerprint density at radius 2 is 1.88 bits per heavy atom. The number of carboxylic acid groups (broad SMARTS) is 1. The monoisotopic (exact) mass is 330 g/mol. The SMILES string of the molecule is O=C(O)CC(=O)Nc1cc([N+](=O)[O-])ccc1OCc1ccccc1. The van der Waals surface area contributed by atoms with Gasteiger partial charge < -0.3 is 15.2 Å². The average molecular weight is 330 g/mol. The molecule has 0 heterocycles. The number of hydrogen-bond acceptors (Lipinski definition) is 5. The number of amides is 1. The van der Waals surface area contributed by atoms with Crippen molar-refractivity contribution in [2.75, 3.05) is 5.32 Å². The maximum atomic E-state index is 11.6. The van der Waals surface area contributed by atoms with Crippen LogP contribution >= 0.6 is 0 Å². The van der Waals surface area contributed by atoms with Gasteiger partial charge in [0.05, 0.1) is 10.6 Å². The highest BCUT2D eigenvalue weighted by Gasteiger charge is 2.16. The molecule has 2 aromatic carbocycles. The summed E-state index contributed by atoms with van der Waals surface area (Å²) in [6.45, 7) is 0.195. The van der Waals surface area contributed by atoms with Crippen LogP contribution in [0.2, 0.25) is 0 Å². The van der Waals surface area contributed by atoms with Crippen molar-refractivity contribution in [3.63, 3.8) is 0 Å². The van der Waals surface area contributed by atoms with Crippen molar-refractivity contribution in [1.82, 2.24) is 0 Å². The molecule has 0 bridgehead atoms. The van der Waals surface area contributed by atoms with Gasteiger partial charge in [-0.1, -0.05) is 30.3 Å². The van der Waals surface area contributed by atoms with Crippen LogP contribution < -0.4 is 10.1 Å². The van der Waals surface area contributed by atoms with E-state index in [0.717, 1.165) is 11.6 Å². The van der Waals surface area contributed by atoms with Gasteiger partial charge in [-0.05, 0) is 11.6 Å². The van der Waals surface area contributed by atoms with Crippen molar-refractivity contribution in [2.45, 2.75) is 13.0 Å². The zero-order valence-electron chi connectivity index (χ0n) is 12.5. The fourth-order valence-corrected chi connectivity index (χ4v) is 1.92. The maximum absolute atomic E-state index is 11.6. The van der Waals surface area contributed by atoms with E-state index in [1.165, 1.54) is 12.1 Å². The molecule has 0 saturated heterocycles. The molecular formula is C16H14N2O6. The number of hydrogen-bond donors (Lipinski definition) is 2. The molecule has 0 unspecified atom stereocenters. The number of aliphatic carboxylic acids is 1. The molecule has 2 aromatic rings. The van der Waals surface area contributed by atoms with E-state index >= 15 is 0 Å². The number of nitrogens with one attached hydrogen (secondary N) is 1. The van der Waals surface area contributed by atoms with Crippen LogP contribution in [-0.4, -0.2) is 21.9 Å². The summed E-state index contributed by atoms with van der Waals surface area (Å²) in [6, 6.07) is 12.9. The topological polar surface area (TPSA) is 119 Å². The number of carboxylic acids is 1. The second-order valence-corrected chi connectivity index (χ2v) is 4.83. The van der Waals surface area contributed by atoms with E-state index in [-0.39, 0.29) is 23.7 Å². The van der Waals surface area contributed by atoms with Gasteiger partial charge in [0.25, 0.3) is 5.69 Å². The summed E-state index contributed by atoms with van der Waals surface area (Å²) in [5, 5.41) is 21.8. The van der Waals surface area contributed by atoms with Gasteiger partial charge in [-0.2, -0.15) is 0 Å². The Labute approximate surface area is 136 Å². The first-order chi connectivity index (χ1) is 11.5. The lowest BCUT2D eigenvalue weighted by Gasteiger charge is -2.12. The van der Waals surface area contributed by atoms with Crippen LogP contribution in [0.3, 0.4) is 0 Å². The number of benzene rings is 2. The van der Waals surface area contributed by atoms with E-state index in [0.29, 0.717) is 0 Å². The summed E-state index contributed by atoms with van der Waals surface area (Å²) >= 11 is 0. The largest absolute Gasteiger partial charge is 0.487 e. The van der Waals surface area contributed by atoms with E-state index in [9.17, 15) is 19.7 Å². The Morgan fingerprint density at radius 3 is 2.50 bits per heavy atom. The molecule has 0 saturated carbocycles. The first-order valence-corrected chi connectivity index (χ1v) is 6.92. The Bertz CT molecular complexity index is 760. The quantitative estimate of drug-likeness (QED) is 0.457. The predicted molar refractivity (Wildman–Crippen MR) is 84.8 cm³/mol. The van der Waals surface area contributed by atoms with Crippen molar-refractivity contribution in [3.8, 4) is 5.75 Å². The van der Waals surface area contributed by atoms with Crippen LogP contribution in [0.15, 0.2) is 48.5 Å². The first kappa shape index (κ1) is 16.9. The van der Waals surface area contributed by atoms with Crippen molar-refractivity contribution in [2.24, 2.45) is 0 Å². The lowest BCUT2D eigenvalue weighted by atomic mass is 10.2. The van der Waals surface area contributed by atoms with Gasteiger partial charge in [0, 0.05) is 12.1 Å². The van der Waals surface area contributed by atoms with Gasteiger partial charge >= 0.3 is 5.97 Å². The van der Waals surface area contributed by atoms with Crippen LogP contribution in [0.25, 0.3) is 0 Å². The molecule has 124 valence electrons. The van der Waals surface area contributed by atoms with Crippen molar-refractivity contribution in [1.29, 1.82) is 0 Å². The fourth-order valence-electron chi connectivity index (χ4n) is 1.92. The van der Waals surface area contributed by atoms with Gasteiger partial charge in [0.15, 0.2) is 0 Å². The zero-order valence-corrected chi connectivity index (χ0v) is 12.5. The third-order valence-corrected chi connectivity index (χ3v) is 3.00. The Hall–Kier alpha value is -3.42. The molecule has 2 N–H and O–H groups in total. The Morgan fingerprint density at radius 1 is 1.17 bits per heavy atom. The molecule has 0 aliphatic heterocycles. The lowest BCUT2D eigenvalue weighted by molar-refractivity contribution is -0.384. The van der Waals surface area contributed by atoms with Gasteiger partial charge in [-0.15, -0.1) is 0 Å². The number of nitro benzene ring substituents is 1. The molecule has 0 aliphatic rings. The Kier molecular flexibility index (Phi) is 5.45. The molecule has 1 amide bonds. The van der Waals surface area contributed by atoms with Crippen LogP contribution in [0, 0.1) is 10.1 Å². The minimum Gasteiger partial charge on any atom is -0.487 e. The van der Waals surface area contributed by atoms with Crippen molar-refractivity contribution >= 4 is 23.3 Å². The molecule has 0 atom stereocenters. The van der Waals surface area contributed by atoms with E-state index in [1.807, 2.05) is 30.3 Å². The lowest BCUT2D eigenvalue weighted by Crippen LogP contribution is -2.16. The van der Waals surface area contributed by atoms with Gasteiger partial charge in [0.1, 0.15) is 18.8 Å². The number of ether oxygens (including phenoxy) is 1. The molecular weight excluding hydrogens is 316 g/mol. The van der Waals surface area contributed by atoms with Crippen LogP contribution in [-0.2, 0) is 16.2 Å². The number of carbonyl (C=O) groups excluding carboxylic acids is 1. The number of carbonyl (C=O) groups is 2. The molecule has 0 aromatic heterocycles. The minimum atomic E-state index is -1.30. The minimum absolute atomic E-state index is 0.0476. The van der Waals surface area contributed by atoms with E-state index in [4.69, 9.17) is 9.84 Å². The van der Waals surface area contributed by atoms with Gasteiger partial charge in [0.2, 0.25) is 5.91 Å². The number of rotatable bonds is 7. The molecule has 0 spiro atoms. The summed E-state index contributed by atoms with van der Waals surface area (Å²) in [6.07, 6.45) is -0.749. The highest BCUT2D eigenvalue weighted by molar-refractivity contribution is 6.02. The third kappa shape index (κ3) is 4.80. The van der Waals surface area contributed by atoms with Crippen molar-refractivity contribution < 1.29 is 24.4 Å². The zero-order chi connectivity index (χ0) is 17.5. The fraction of sp³-hybridized carbons (Fsp3) is 0.125. The van der Waals surface area contributed by atoms with E-state index < -0.39 is 23.2 Å². The molecule has 24 heavy (non-hydrogen) atoms. The number of non-ortho nitro benzene ring substituents is 1. The highest BCUT2D eigenvalue weighted by Crippen LogP contribution is 2.30. The molecule has 0 aliphatic carbocycles. The van der Waals surface area contributed by atoms with Crippen LogP contribution in [0.1, 0.15) is 12.0 Å². The smallest absolute Gasteiger partial charge is 0.312 e. The first-order valence-electron chi connectivity index (χ1n) is 6.92. The van der Waals surface area contributed by atoms with E-state index in [2.05, 4.69) is 5.32 Å². The Balaban J connectivity index is 2.20. The van der Waals surface area contributed by atoms with E-state index in [1.54, 1.807) is 0 Å². The third-order valence-electron chi connectivity index (χ3n) is 3.00. The number of nitrogens with zero attached hydrogens (tertiary/aromatic N) is 1. The summed E-state index contributed by atoms with van der Waals surface area (Å²) in [5.74, 6) is -1.89. The molecule has 8 nitrogen and oxygen atoms in total. The standard InChI is InChI=1S/C16H14N2O6/c19-15(9-16(20)21)17-13-8-12(18(22)23)6-7-14(13)24-10-11-4-2-1-3-5-11/h1-8H,9-10H2,(H,17,19)(H,20,21). The summed E-state index contributed by atoms with van der Waals surface area (Å²) in [4.78, 5) is 32.4. The molecule has 8 heteroatoms. The van der Waals surface area contributed by atoms with Crippen LogP contribution in [0.4, 0.5) is 11.4 Å². The second kappa shape index (κ2) is 7.73. The number of anilines is 1. The van der Waals surface area contributed by atoms with Crippen molar-refractivity contribution in [3.05, 3.63) is 64.2 Å². The number of nitro groups is 1. The summed E-state index contributed by atoms with van der Waals surface area (Å²) < 4.78 is 5.58. The summed E-state index contributed by atoms with van der Waals surface area (Å²) in [5.41, 5.74) is 0.678. The molecule has 2 rings (SSSR count).